The highest BCUT2D eigenvalue weighted by molar-refractivity contribution is 5.84. The minimum absolute atomic E-state index is 0.274. The summed E-state index contributed by atoms with van der Waals surface area (Å²) in [5.74, 6) is -0.347. The number of anilines is 2. The number of halogens is 1. The largest absolute Gasteiger partial charge is 0.447 e. The summed E-state index contributed by atoms with van der Waals surface area (Å²) in [6, 6.07) is 15.5. The Morgan fingerprint density at radius 3 is 2.45 bits per heavy atom. The number of carbonyl (C=O) groups excluding carboxylic acids is 1. The van der Waals surface area contributed by atoms with Crippen molar-refractivity contribution in [3.8, 4) is 0 Å². The Balaban J connectivity index is 1.77. The van der Waals surface area contributed by atoms with Crippen LogP contribution in [-0.2, 0) is 4.74 Å². The van der Waals surface area contributed by atoms with Gasteiger partial charge >= 0.3 is 6.09 Å². The molecule has 0 saturated heterocycles. The summed E-state index contributed by atoms with van der Waals surface area (Å²) in [4.78, 5) is 13.8. The highest BCUT2D eigenvalue weighted by Crippen LogP contribution is 2.12. The first-order valence-electron chi connectivity index (χ1n) is 7.18. The molecule has 1 amide bonds. The average Bonchev–Trinajstić information content (AvgIpc) is 2.54. The molecule has 0 aliphatic rings. The minimum Gasteiger partial charge on any atom is -0.447 e. The van der Waals surface area contributed by atoms with E-state index in [1.807, 2.05) is 37.3 Å². The number of nitrogens with one attached hydrogen (secondary N) is 1. The number of benzene rings is 2. The molecule has 5 heteroatoms. The first kappa shape index (κ1) is 15.8. The number of rotatable bonds is 6. The van der Waals surface area contributed by atoms with Crippen molar-refractivity contribution in [1.82, 2.24) is 0 Å². The fraction of sp³-hybridized carbons (Fsp3) is 0.235. The molecule has 0 aliphatic heterocycles. The normalized spacial score (nSPS) is 10.1. The Morgan fingerprint density at radius 1 is 1.14 bits per heavy atom. The zero-order chi connectivity index (χ0) is 15.8. The van der Waals surface area contributed by atoms with Gasteiger partial charge in [0.2, 0.25) is 0 Å². The quantitative estimate of drug-likeness (QED) is 0.880. The van der Waals surface area contributed by atoms with E-state index in [-0.39, 0.29) is 12.4 Å². The van der Waals surface area contributed by atoms with Gasteiger partial charge in [-0.25, -0.2) is 9.18 Å². The second-order valence-electron chi connectivity index (χ2n) is 4.68. The Morgan fingerprint density at radius 2 is 1.82 bits per heavy atom. The van der Waals surface area contributed by atoms with Crippen LogP contribution in [0.5, 0.6) is 0 Å². The third-order valence-electron chi connectivity index (χ3n) is 3.19. The number of para-hydroxylation sites is 1. The molecule has 2 rings (SSSR count). The third kappa shape index (κ3) is 4.77. The van der Waals surface area contributed by atoms with Gasteiger partial charge in [-0.15, -0.1) is 0 Å². The van der Waals surface area contributed by atoms with Crippen LogP contribution in [0.25, 0.3) is 0 Å². The maximum Gasteiger partial charge on any atom is 0.411 e. The lowest BCUT2D eigenvalue weighted by Gasteiger charge is -2.22. The summed E-state index contributed by atoms with van der Waals surface area (Å²) >= 11 is 0. The predicted molar refractivity (Wildman–Crippen MR) is 85.7 cm³/mol. The monoisotopic (exact) mass is 302 g/mol. The second kappa shape index (κ2) is 8.02. The van der Waals surface area contributed by atoms with Gasteiger partial charge in [0.1, 0.15) is 12.4 Å². The molecule has 0 aliphatic carbocycles. The molecular formula is C17H19FN2O2. The van der Waals surface area contributed by atoms with Crippen molar-refractivity contribution in [3.63, 3.8) is 0 Å². The lowest BCUT2D eigenvalue weighted by atomic mass is 10.3. The Labute approximate surface area is 129 Å². The van der Waals surface area contributed by atoms with Crippen LogP contribution in [0.2, 0.25) is 0 Å². The highest BCUT2D eigenvalue weighted by atomic mass is 19.1. The zero-order valence-electron chi connectivity index (χ0n) is 12.5. The smallest absolute Gasteiger partial charge is 0.411 e. The number of carbonyl (C=O) groups is 1. The standard InChI is InChI=1S/C17H19FN2O2/c1-2-20(16-6-4-3-5-7-16)12-13-22-17(21)19-15-10-8-14(18)9-11-15/h3-11H,2,12-13H2,1H3,(H,19,21). The molecule has 116 valence electrons. The van der Waals surface area contributed by atoms with Gasteiger partial charge in [0, 0.05) is 17.9 Å². The van der Waals surface area contributed by atoms with Crippen LogP contribution in [0, 0.1) is 5.82 Å². The van der Waals surface area contributed by atoms with Gasteiger partial charge in [0.25, 0.3) is 0 Å². The molecule has 0 heterocycles. The summed E-state index contributed by atoms with van der Waals surface area (Å²) in [6.07, 6.45) is -0.546. The van der Waals surface area contributed by atoms with Gasteiger partial charge in [-0.05, 0) is 43.3 Å². The Hall–Kier alpha value is -2.56. The van der Waals surface area contributed by atoms with Gasteiger partial charge in [0.05, 0.1) is 6.54 Å². The molecule has 4 nitrogen and oxygen atoms in total. The maximum atomic E-state index is 12.8. The topological polar surface area (TPSA) is 41.6 Å². The number of hydrogen-bond donors (Lipinski definition) is 1. The van der Waals surface area contributed by atoms with E-state index in [0.717, 1.165) is 12.2 Å². The summed E-state index contributed by atoms with van der Waals surface area (Å²) < 4.78 is 17.9. The van der Waals surface area contributed by atoms with E-state index in [4.69, 9.17) is 4.74 Å². The van der Waals surface area contributed by atoms with Crippen LogP contribution < -0.4 is 10.2 Å². The lowest BCUT2D eigenvalue weighted by Crippen LogP contribution is -2.28. The van der Waals surface area contributed by atoms with Gasteiger partial charge in [-0.3, -0.25) is 5.32 Å². The van der Waals surface area contributed by atoms with E-state index in [2.05, 4.69) is 10.2 Å². The predicted octanol–water partition coefficient (Wildman–Crippen LogP) is 3.90. The summed E-state index contributed by atoms with van der Waals surface area (Å²) in [5.41, 5.74) is 1.59. The van der Waals surface area contributed by atoms with Crippen molar-refractivity contribution in [2.24, 2.45) is 0 Å². The maximum absolute atomic E-state index is 12.8. The van der Waals surface area contributed by atoms with E-state index in [9.17, 15) is 9.18 Å². The molecule has 0 unspecified atom stereocenters. The van der Waals surface area contributed by atoms with E-state index < -0.39 is 6.09 Å². The average molecular weight is 302 g/mol. The van der Waals surface area contributed by atoms with Crippen LogP contribution in [0.15, 0.2) is 54.6 Å². The van der Waals surface area contributed by atoms with E-state index in [0.29, 0.717) is 12.2 Å². The molecule has 1 N–H and O–H groups in total. The first-order valence-corrected chi connectivity index (χ1v) is 7.18. The molecule has 2 aromatic rings. The van der Waals surface area contributed by atoms with Crippen molar-refractivity contribution >= 4 is 17.5 Å². The molecule has 2 aromatic carbocycles. The molecule has 0 aromatic heterocycles. The van der Waals surface area contributed by atoms with Crippen LogP contribution >= 0.6 is 0 Å². The Bertz CT molecular complexity index is 587. The molecular weight excluding hydrogens is 283 g/mol. The van der Waals surface area contributed by atoms with E-state index in [1.54, 1.807) is 0 Å². The summed E-state index contributed by atoms with van der Waals surface area (Å²) in [7, 11) is 0. The van der Waals surface area contributed by atoms with Gasteiger partial charge < -0.3 is 9.64 Å². The number of hydrogen-bond acceptors (Lipinski definition) is 3. The fourth-order valence-corrected chi connectivity index (χ4v) is 2.04. The third-order valence-corrected chi connectivity index (χ3v) is 3.19. The summed E-state index contributed by atoms with van der Waals surface area (Å²) in [5, 5.41) is 2.55. The molecule has 0 spiro atoms. The van der Waals surface area contributed by atoms with E-state index >= 15 is 0 Å². The van der Waals surface area contributed by atoms with Crippen LogP contribution in [0.1, 0.15) is 6.92 Å². The number of ether oxygens (including phenoxy) is 1. The summed E-state index contributed by atoms with van der Waals surface area (Å²) in [6.45, 7) is 3.76. The SMILES string of the molecule is CCN(CCOC(=O)Nc1ccc(F)cc1)c1ccccc1. The molecule has 0 saturated carbocycles. The second-order valence-corrected chi connectivity index (χ2v) is 4.68. The van der Waals surface area contributed by atoms with Crippen molar-refractivity contribution in [2.75, 3.05) is 29.9 Å². The molecule has 0 atom stereocenters. The number of nitrogens with zero attached hydrogens (tertiary/aromatic N) is 1. The van der Waals surface area contributed by atoms with Crippen molar-refractivity contribution in [2.45, 2.75) is 6.92 Å². The first-order chi connectivity index (χ1) is 10.7. The molecule has 0 bridgehead atoms. The van der Waals surface area contributed by atoms with Crippen LogP contribution in [-0.4, -0.2) is 25.8 Å². The van der Waals surface area contributed by atoms with Gasteiger partial charge in [-0.2, -0.15) is 0 Å². The zero-order valence-corrected chi connectivity index (χ0v) is 12.5. The minimum atomic E-state index is -0.546. The molecule has 0 fully saturated rings. The molecule has 0 radical (unpaired) electrons. The van der Waals surface area contributed by atoms with Crippen molar-refractivity contribution in [3.05, 3.63) is 60.4 Å². The number of amides is 1. The Kier molecular flexibility index (Phi) is 5.77. The van der Waals surface area contributed by atoms with Crippen molar-refractivity contribution < 1.29 is 13.9 Å². The van der Waals surface area contributed by atoms with E-state index in [1.165, 1.54) is 24.3 Å². The molecule has 22 heavy (non-hydrogen) atoms. The van der Waals surface area contributed by atoms with Crippen LogP contribution in [0.3, 0.4) is 0 Å². The number of likely N-dealkylation sites (N-methyl/N-ethyl adjacent to an activating group) is 1. The fourth-order valence-electron chi connectivity index (χ4n) is 2.04. The van der Waals surface area contributed by atoms with Crippen LogP contribution in [0.4, 0.5) is 20.6 Å². The lowest BCUT2D eigenvalue weighted by molar-refractivity contribution is 0.164. The van der Waals surface area contributed by atoms with Gasteiger partial charge in [-0.1, -0.05) is 18.2 Å². The highest BCUT2D eigenvalue weighted by Gasteiger charge is 2.06. The van der Waals surface area contributed by atoms with Crippen molar-refractivity contribution in [1.29, 1.82) is 0 Å². The van der Waals surface area contributed by atoms with Gasteiger partial charge in [0.15, 0.2) is 0 Å².